The molecule has 0 bridgehead atoms. The van der Waals surface area contributed by atoms with E-state index in [-0.39, 0.29) is 12.4 Å². The van der Waals surface area contributed by atoms with Gasteiger partial charge in [-0.3, -0.25) is 4.79 Å². The maximum absolute atomic E-state index is 11.3. The molecule has 0 aliphatic carbocycles. The first-order chi connectivity index (χ1) is 7.06. The Morgan fingerprint density at radius 1 is 1.27 bits per heavy atom. The number of aryl methyl sites for hydroxylation is 2. The second kappa shape index (κ2) is 4.94. The van der Waals surface area contributed by atoms with Gasteiger partial charge in [-0.25, -0.2) is 0 Å². The molecule has 1 aromatic rings. The summed E-state index contributed by atoms with van der Waals surface area (Å²) in [4.78, 5) is 11.3. The van der Waals surface area contributed by atoms with Gasteiger partial charge in [0.1, 0.15) is 5.75 Å². The molecule has 0 heterocycles. The standard InChI is InChI=1S/C12H17NO2/c1-8-4-5-9(2)12(10(8)3)15-11(14)6-7-13/h4-5H,6-7,13H2,1-3H3. The lowest BCUT2D eigenvalue weighted by Gasteiger charge is -2.11. The highest BCUT2D eigenvalue weighted by molar-refractivity contribution is 5.73. The van der Waals surface area contributed by atoms with Crippen molar-refractivity contribution >= 4 is 5.97 Å². The smallest absolute Gasteiger partial charge is 0.312 e. The van der Waals surface area contributed by atoms with Gasteiger partial charge in [0.05, 0.1) is 6.42 Å². The topological polar surface area (TPSA) is 52.3 Å². The van der Waals surface area contributed by atoms with E-state index in [9.17, 15) is 4.79 Å². The van der Waals surface area contributed by atoms with E-state index >= 15 is 0 Å². The van der Waals surface area contributed by atoms with Crippen LogP contribution in [0.2, 0.25) is 0 Å². The largest absolute Gasteiger partial charge is 0.426 e. The second-order valence-electron chi connectivity index (χ2n) is 3.67. The molecule has 3 nitrogen and oxygen atoms in total. The quantitative estimate of drug-likeness (QED) is 0.608. The van der Waals surface area contributed by atoms with Crippen LogP contribution in [0.3, 0.4) is 0 Å². The molecule has 0 fully saturated rings. The fourth-order valence-electron chi connectivity index (χ4n) is 1.37. The van der Waals surface area contributed by atoms with Crippen molar-refractivity contribution < 1.29 is 9.53 Å². The lowest BCUT2D eigenvalue weighted by Crippen LogP contribution is -2.15. The summed E-state index contributed by atoms with van der Waals surface area (Å²) < 4.78 is 5.28. The van der Waals surface area contributed by atoms with Crippen molar-refractivity contribution in [2.75, 3.05) is 6.54 Å². The Balaban J connectivity index is 2.93. The Hall–Kier alpha value is -1.35. The summed E-state index contributed by atoms with van der Waals surface area (Å²) in [5.74, 6) is 0.405. The van der Waals surface area contributed by atoms with E-state index in [0.717, 1.165) is 16.7 Å². The SMILES string of the molecule is Cc1ccc(C)c(OC(=O)CCN)c1C. The molecule has 0 amide bonds. The normalized spacial score (nSPS) is 10.1. The van der Waals surface area contributed by atoms with Gasteiger partial charge in [-0.15, -0.1) is 0 Å². The van der Waals surface area contributed by atoms with E-state index in [1.54, 1.807) is 0 Å². The Kier molecular flexibility index (Phi) is 3.86. The van der Waals surface area contributed by atoms with Crippen molar-refractivity contribution in [1.82, 2.24) is 0 Å². The van der Waals surface area contributed by atoms with Crippen LogP contribution in [0.4, 0.5) is 0 Å². The van der Waals surface area contributed by atoms with Gasteiger partial charge in [-0.05, 0) is 37.5 Å². The van der Waals surface area contributed by atoms with Crippen molar-refractivity contribution in [3.05, 3.63) is 28.8 Å². The molecule has 0 radical (unpaired) electrons. The summed E-state index contributed by atoms with van der Waals surface area (Å²) in [6.45, 7) is 6.20. The van der Waals surface area contributed by atoms with E-state index in [1.807, 2.05) is 32.9 Å². The van der Waals surface area contributed by atoms with Crippen LogP contribution >= 0.6 is 0 Å². The van der Waals surface area contributed by atoms with Crippen molar-refractivity contribution in [2.45, 2.75) is 27.2 Å². The van der Waals surface area contributed by atoms with Crippen molar-refractivity contribution in [3.8, 4) is 5.75 Å². The van der Waals surface area contributed by atoms with E-state index in [1.165, 1.54) is 0 Å². The molecule has 0 aromatic heterocycles. The molecule has 0 unspecified atom stereocenters. The molecule has 0 aliphatic rings. The minimum atomic E-state index is -0.269. The number of hydrogen-bond acceptors (Lipinski definition) is 3. The number of benzene rings is 1. The summed E-state index contributed by atoms with van der Waals surface area (Å²) in [5.41, 5.74) is 8.40. The molecule has 0 spiro atoms. The van der Waals surface area contributed by atoms with Crippen LogP contribution in [-0.4, -0.2) is 12.5 Å². The van der Waals surface area contributed by atoms with Gasteiger partial charge in [-0.2, -0.15) is 0 Å². The average Bonchev–Trinajstić information content (AvgIpc) is 2.19. The fraction of sp³-hybridized carbons (Fsp3) is 0.417. The van der Waals surface area contributed by atoms with Crippen LogP contribution in [-0.2, 0) is 4.79 Å². The Bertz CT molecular complexity index is 372. The molecular formula is C12H17NO2. The lowest BCUT2D eigenvalue weighted by atomic mass is 10.1. The Morgan fingerprint density at radius 3 is 2.47 bits per heavy atom. The first-order valence-corrected chi connectivity index (χ1v) is 5.03. The molecule has 1 rings (SSSR count). The van der Waals surface area contributed by atoms with E-state index in [4.69, 9.17) is 10.5 Å². The minimum absolute atomic E-state index is 0.257. The number of nitrogens with two attached hydrogens (primary N) is 1. The third-order valence-electron chi connectivity index (χ3n) is 2.44. The van der Waals surface area contributed by atoms with Gasteiger partial charge >= 0.3 is 5.97 Å². The lowest BCUT2D eigenvalue weighted by molar-refractivity contribution is -0.134. The highest BCUT2D eigenvalue weighted by atomic mass is 16.5. The van der Waals surface area contributed by atoms with Crippen LogP contribution in [0.5, 0.6) is 5.75 Å². The molecule has 0 aliphatic heterocycles. The fourth-order valence-corrected chi connectivity index (χ4v) is 1.37. The summed E-state index contributed by atoms with van der Waals surface area (Å²) in [5, 5.41) is 0. The van der Waals surface area contributed by atoms with Gasteiger partial charge in [0, 0.05) is 6.54 Å². The van der Waals surface area contributed by atoms with Gasteiger partial charge in [0.15, 0.2) is 0 Å². The summed E-state index contributed by atoms with van der Waals surface area (Å²) in [6.07, 6.45) is 0.257. The van der Waals surface area contributed by atoms with Gasteiger partial charge in [0.2, 0.25) is 0 Å². The maximum Gasteiger partial charge on any atom is 0.312 e. The molecule has 0 saturated heterocycles. The number of rotatable bonds is 3. The average molecular weight is 207 g/mol. The van der Waals surface area contributed by atoms with Crippen molar-refractivity contribution in [2.24, 2.45) is 5.73 Å². The monoisotopic (exact) mass is 207 g/mol. The number of carbonyl (C=O) groups is 1. The number of carbonyl (C=O) groups excluding carboxylic acids is 1. The number of ether oxygens (including phenoxy) is 1. The molecule has 2 N–H and O–H groups in total. The number of esters is 1. The van der Waals surface area contributed by atoms with Crippen LogP contribution in [0.15, 0.2) is 12.1 Å². The zero-order chi connectivity index (χ0) is 11.4. The Labute approximate surface area is 90.2 Å². The predicted octanol–water partition coefficient (Wildman–Crippen LogP) is 1.87. The van der Waals surface area contributed by atoms with Crippen LogP contribution in [0.25, 0.3) is 0 Å². The first kappa shape index (κ1) is 11.7. The third kappa shape index (κ3) is 2.80. The summed E-state index contributed by atoms with van der Waals surface area (Å²) in [6, 6.07) is 3.97. The summed E-state index contributed by atoms with van der Waals surface area (Å²) >= 11 is 0. The van der Waals surface area contributed by atoms with E-state index in [2.05, 4.69) is 0 Å². The molecule has 82 valence electrons. The molecule has 1 aromatic carbocycles. The minimum Gasteiger partial charge on any atom is -0.426 e. The van der Waals surface area contributed by atoms with Crippen LogP contribution in [0, 0.1) is 20.8 Å². The van der Waals surface area contributed by atoms with Crippen LogP contribution in [0.1, 0.15) is 23.1 Å². The summed E-state index contributed by atoms with van der Waals surface area (Å²) in [7, 11) is 0. The highest BCUT2D eigenvalue weighted by Crippen LogP contribution is 2.25. The second-order valence-corrected chi connectivity index (χ2v) is 3.67. The van der Waals surface area contributed by atoms with Gasteiger partial charge in [-0.1, -0.05) is 12.1 Å². The van der Waals surface area contributed by atoms with E-state index in [0.29, 0.717) is 12.3 Å². The third-order valence-corrected chi connectivity index (χ3v) is 2.44. The maximum atomic E-state index is 11.3. The zero-order valence-corrected chi connectivity index (χ0v) is 9.46. The van der Waals surface area contributed by atoms with Gasteiger partial charge < -0.3 is 10.5 Å². The molecule has 0 saturated carbocycles. The molecule has 15 heavy (non-hydrogen) atoms. The predicted molar refractivity (Wildman–Crippen MR) is 60.0 cm³/mol. The highest BCUT2D eigenvalue weighted by Gasteiger charge is 2.10. The Morgan fingerprint density at radius 2 is 1.87 bits per heavy atom. The molecule has 3 heteroatoms. The first-order valence-electron chi connectivity index (χ1n) is 5.03. The molecular weight excluding hydrogens is 190 g/mol. The number of hydrogen-bond donors (Lipinski definition) is 1. The van der Waals surface area contributed by atoms with Gasteiger partial charge in [0.25, 0.3) is 0 Å². The van der Waals surface area contributed by atoms with Crippen molar-refractivity contribution in [1.29, 1.82) is 0 Å². The van der Waals surface area contributed by atoms with Crippen LogP contribution < -0.4 is 10.5 Å². The van der Waals surface area contributed by atoms with E-state index < -0.39 is 0 Å². The van der Waals surface area contributed by atoms with Crippen molar-refractivity contribution in [3.63, 3.8) is 0 Å². The molecule has 0 atom stereocenters. The zero-order valence-electron chi connectivity index (χ0n) is 9.46.